The monoisotopic (exact) mass is 392 g/mol. The van der Waals surface area contributed by atoms with Crippen LogP contribution < -0.4 is 5.73 Å². The first-order chi connectivity index (χ1) is 14.2. The summed E-state index contributed by atoms with van der Waals surface area (Å²) in [6.45, 7) is 4.24. The fourth-order valence-corrected chi connectivity index (χ4v) is 3.96. The van der Waals surface area contributed by atoms with Gasteiger partial charge in [0.1, 0.15) is 11.9 Å². The van der Waals surface area contributed by atoms with Crippen molar-refractivity contribution in [3.63, 3.8) is 0 Å². The number of hydrogen-bond donors (Lipinski definition) is 1. The highest BCUT2D eigenvalue weighted by Crippen LogP contribution is 2.38. The van der Waals surface area contributed by atoms with E-state index < -0.39 is 0 Å². The Kier molecular flexibility index (Phi) is 5.72. The van der Waals surface area contributed by atoms with Gasteiger partial charge in [0.2, 0.25) is 5.84 Å². The molecule has 0 saturated carbocycles. The van der Waals surface area contributed by atoms with Crippen molar-refractivity contribution in [2.75, 3.05) is 19.6 Å². The number of benzene rings is 1. The summed E-state index contributed by atoms with van der Waals surface area (Å²) in [5.41, 5.74) is 6.75. The maximum atomic E-state index is 13.5. The van der Waals surface area contributed by atoms with Crippen molar-refractivity contribution in [2.24, 2.45) is 26.7 Å². The minimum absolute atomic E-state index is 0.0376. The molecule has 3 unspecified atom stereocenters. The lowest BCUT2D eigenvalue weighted by molar-refractivity contribution is 0.254. The van der Waals surface area contributed by atoms with Crippen LogP contribution in [0.1, 0.15) is 31.4 Å². The van der Waals surface area contributed by atoms with E-state index in [1.54, 1.807) is 12.1 Å². The van der Waals surface area contributed by atoms with Gasteiger partial charge in [-0.2, -0.15) is 0 Å². The quantitative estimate of drug-likeness (QED) is 0.757. The molecule has 1 aromatic carbocycles. The molecule has 150 valence electrons. The summed E-state index contributed by atoms with van der Waals surface area (Å²) in [4.78, 5) is 11.2. The summed E-state index contributed by atoms with van der Waals surface area (Å²) >= 11 is 0. The molecule has 3 aliphatic rings. The molecule has 3 atom stereocenters. The van der Waals surface area contributed by atoms with E-state index in [4.69, 9.17) is 15.8 Å². The normalized spacial score (nSPS) is 24.5. The average molecular weight is 392 g/mol. The smallest absolute Gasteiger partial charge is 0.201 e. The van der Waals surface area contributed by atoms with Crippen LogP contribution in [0.25, 0.3) is 0 Å². The van der Waals surface area contributed by atoms with Crippen LogP contribution >= 0.6 is 0 Å². The van der Waals surface area contributed by atoms with Crippen LogP contribution in [0.2, 0.25) is 0 Å². The lowest BCUT2D eigenvalue weighted by atomic mass is 9.87. The molecule has 3 aliphatic heterocycles. The molecule has 0 aromatic heterocycles. The molecule has 0 bridgehead atoms. The first-order valence-electron chi connectivity index (χ1n) is 10.1. The van der Waals surface area contributed by atoms with Crippen LogP contribution in [0.4, 0.5) is 4.39 Å². The third-order valence-electron chi connectivity index (χ3n) is 5.32. The standard InChI is InChI=1S/C22H25FN6/c1-2-14-28(15-11-24)20-8-7-19-26-21(16-3-5-18(23)6-4-16)22(29(19)27-20)17-9-12-25-13-10-17/h3-6,9,12-13,17,21-22H,2,10-11,14-15,24H2,1H3. The molecule has 0 spiro atoms. The van der Waals surface area contributed by atoms with E-state index in [0.717, 1.165) is 30.8 Å². The van der Waals surface area contributed by atoms with Crippen LogP contribution in [0.15, 0.2) is 51.6 Å². The first kappa shape index (κ1) is 19.3. The minimum atomic E-state index is -0.254. The Morgan fingerprint density at radius 2 is 2.07 bits per heavy atom. The van der Waals surface area contributed by atoms with Gasteiger partial charge in [0.15, 0.2) is 5.84 Å². The molecular weight excluding hydrogens is 367 g/mol. The third kappa shape index (κ3) is 3.94. The van der Waals surface area contributed by atoms with Crippen molar-refractivity contribution in [1.82, 2.24) is 9.91 Å². The molecule has 0 saturated heterocycles. The molecule has 29 heavy (non-hydrogen) atoms. The molecular formula is C22H25FN6. The van der Waals surface area contributed by atoms with Gasteiger partial charge < -0.3 is 10.6 Å². The predicted molar refractivity (Wildman–Crippen MR) is 114 cm³/mol. The zero-order valence-electron chi connectivity index (χ0n) is 16.5. The number of fused-ring (bicyclic) bond motifs is 1. The SMILES string of the molecule is CCCN(CCN)C1=NN2C(=NC(c3ccc(F)cc3)C2C2C=CN=CC2)C#C1. The summed E-state index contributed by atoms with van der Waals surface area (Å²) in [6.07, 6.45) is 7.64. The highest BCUT2D eigenvalue weighted by atomic mass is 19.1. The summed E-state index contributed by atoms with van der Waals surface area (Å²) in [5.74, 6) is 7.67. The molecule has 2 N–H and O–H groups in total. The molecule has 4 rings (SSSR count). The molecule has 3 heterocycles. The summed E-state index contributed by atoms with van der Waals surface area (Å²) in [7, 11) is 0. The predicted octanol–water partition coefficient (Wildman–Crippen LogP) is 2.56. The summed E-state index contributed by atoms with van der Waals surface area (Å²) < 4.78 is 13.5. The van der Waals surface area contributed by atoms with Gasteiger partial charge in [0.25, 0.3) is 0 Å². The maximum absolute atomic E-state index is 13.5. The molecule has 0 aliphatic carbocycles. The van der Waals surface area contributed by atoms with Crippen LogP contribution in [0, 0.1) is 23.6 Å². The van der Waals surface area contributed by atoms with Gasteiger partial charge in [-0.05, 0) is 42.4 Å². The van der Waals surface area contributed by atoms with Crippen molar-refractivity contribution in [3.8, 4) is 11.8 Å². The van der Waals surface area contributed by atoms with E-state index in [2.05, 4.69) is 34.7 Å². The number of hydrogen-bond acceptors (Lipinski definition) is 6. The largest absolute Gasteiger partial charge is 0.347 e. The number of aliphatic imine (C=N–C) groups is 2. The highest BCUT2D eigenvalue weighted by molar-refractivity contribution is 6.11. The number of halogens is 1. The Morgan fingerprint density at radius 3 is 2.76 bits per heavy atom. The summed E-state index contributed by atoms with van der Waals surface area (Å²) in [5, 5.41) is 6.85. The Labute approximate surface area is 170 Å². The van der Waals surface area contributed by atoms with Gasteiger partial charge in [-0.15, -0.1) is 5.10 Å². The second-order valence-electron chi connectivity index (χ2n) is 7.31. The zero-order valence-corrected chi connectivity index (χ0v) is 16.5. The van der Waals surface area contributed by atoms with Gasteiger partial charge in [-0.1, -0.05) is 25.1 Å². The van der Waals surface area contributed by atoms with Gasteiger partial charge in [0, 0.05) is 38.0 Å². The highest BCUT2D eigenvalue weighted by Gasteiger charge is 2.42. The minimum Gasteiger partial charge on any atom is -0.347 e. The fraction of sp³-hybridized carbons (Fsp3) is 0.409. The molecule has 6 nitrogen and oxygen atoms in total. The van der Waals surface area contributed by atoms with E-state index in [9.17, 15) is 4.39 Å². The van der Waals surface area contributed by atoms with E-state index in [1.807, 2.05) is 17.4 Å². The fourth-order valence-electron chi connectivity index (χ4n) is 3.96. The number of hydrazone groups is 1. The molecule has 7 heteroatoms. The Balaban J connectivity index is 1.69. The van der Waals surface area contributed by atoms with Crippen LogP contribution in [0.3, 0.4) is 0 Å². The second-order valence-corrected chi connectivity index (χ2v) is 7.31. The van der Waals surface area contributed by atoms with E-state index in [1.165, 1.54) is 12.1 Å². The third-order valence-corrected chi connectivity index (χ3v) is 5.32. The van der Waals surface area contributed by atoms with Gasteiger partial charge >= 0.3 is 0 Å². The van der Waals surface area contributed by atoms with E-state index in [0.29, 0.717) is 18.9 Å². The van der Waals surface area contributed by atoms with Crippen molar-refractivity contribution in [1.29, 1.82) is 0 Å². The first-order valence-corrected chi connectivity index (χ1v) is 10.1. The molecule has 0 fully saturated rings. The van der Waals surface area contributed by atoms with Crippen molar-refractivity contribution < 1.29 is 4.39 Å². The van der Waals surface area contributed by atoms with Gasteiger partial charge in [-0.3, -0.25) is 4.99 Å². The van der Waals surface area contributed by atoms with Crippen LogP contribution in [0.5, 0.6) is 0 Å². The van der Waals surface area contributed by atoms with Gasteiger partial charge in [-0.25, -0.2) is 14.4 Å². The Morgan fingerprint density at radius 1 is 1.24 bits per heavy atom. The second kappa shape index (κ2) is 8.58. The zero-order chi connectivity index (χ0) is 20.2. The number of rotatable bonds is 6. The van der Waals surface area contributed by atoms with Crippen LogP contribution in [-0.2, 0) is 0 Å². The summed E-state index contributed by atoms with van der Waals surface area (Å²) in [6, 6.07) is 6.35. The van der Waals surface area contributed by atoms with Crippen LogP contribution in [-0.4, -0.2) is 53.5 Å². The lowest BCUT2D eigenvalue weighted by Gasteiger charge is -2.33. The van der Waals surface area contributed by atoms with Crippen molar-refractivity contribution >= 4 is 17.9 Å². The number of nitrogens with two attached hydrogens (primary N) is 1. The maximum Gasteiger partial charge on any atom is 0.201 e. The molecule has 0 amide bonds. The Bertz CT molecular complexity index is 915. The van der Waals surface area contributed by atoms with Crippen molar-refractivity contribution in [3.05, 3.63) is 47.9 Å². The van der Waals surface area contributed by atoms with E-state index >= 15 is 0 Å². The topological polar surface area (TPSA) is 69.6 Å². The lowest BCUT2D eigenvalue weighted by Crippen LogP contribution is -2.44. The van der Waals surface area contributed by atoms with Crippen molar-refractivity contribution in [2.45, 2.75) is 31.8 Å². The van der Waals surface area contributed by atoms with E-state index in [-0.39, 0.29) is 23.8 Å². The molecule has 1 aromatic rings. The average Bonchev–Trinajstić information content (AvgIpc) is 3.13. The molecule has 0 radical (unpaired) electrons. The number of nitrogens with zero attached hydrogens (tertiary/aromatic N) is 5. The number of amidine groups is 2. The van der Waals surface area contributed by atoms with Gasteiger partial charge in [0.05, 0.1) is 6.04 Å². The Hall–Kier alpha value is -2.98.